The summed E-state index contributed by atoms with van der Waals surface area (Å²) in [5.74, 6) is 0.855. The second-order valence-electron chi connectivity index (χ2n) is 4.72. The maximum atomic E-state index is 9.15. The number of hydrogen-bond donors (Lipinski definition) is 1. The van der Waals surface area contributed by atoms with Crippen molar-refractivity contribution in [1.82, 2.24) is 9.38 Å². The van der Waals surface area contributed by atoms with Crippen LogP contribution < -0.4 is 4.74 Å². The van der Waals surface area contributed by atoms with Crippen LogP contribution in [-0.4, -0.2) is 21.6 Å². The molecule has 0 aliphatic heterocycles. The molecule has 3 aromatic rings. The van der Waals surface area contributed by atoms with Crippen molar-refractivity contribution in [2.45, 2.75) is 13.0 Å². The quantitative estimate of drug-likeness (QED) is 0.790. The van der Waals surface area contributed by atoms with Crippen molar-refractivity contribution in [2.75, 3.05) is 7.11 Å². The maximum absolute atomic E-state index is 9.15. The average molecular weight is 268 g/mol. The zero-order chi connectivity index (χ0) is 13.9. The van der Waals surface area contributed by atoms with Crippen molar-refractivity contribution < 1.29 is 9.84 Å². The minimum atomic E-state index is 0.0363. The standard InChI is InChI=1S/C16H16N2O2/c1-20-15-4-2-3-12(8-15)7-14-10-18-6-5-13(11-19)9-16(18)17-14/h2-6,8-10,19H,7,11H2,1H3. The molecule has 0 amide bonds. The number of aliphatic hydroxyl groups is 1. The number of methoxy groups -OCH3 is 1. The van der Waals surface area contributed by atoms with E-state index in [0.29, 0.717) is 0 Å². The highest BCUT2D eigenvalue weighted by molar-refractivity contribution is 5.43. The van der Waals surface area contributed by atoms with Gasteiger partial charge >= 0.3 is 0 Å². The van der Waals surface area contributed by atoms with Crippen molar-refractivity contribution in [3.8, 4) is 5.75 Å². The third kappa shape index (κ3) is 2.51. The Kier molecular flexibility index (Phi) is 3.39. The highest BCUT2D eigenvalue weighted by Gasteiger charge is 2.04. The molecule has 0 aliphatic rings. The number of ether oxygens (including phenoxy) is 1. The van der Waals surface area contributed by atoms with Crippen LogP contribution in [0.1, 0.15) is 16.8 Å². The van der Waals surface area contributed by atoms with Crippen LogP contribution in [0, 0.1) is 0 Å². The van der Waals surface area contributed by atoms with Crippen LogP contribution in [-0.2, 0) is 13.0 Å². The topological polar surface area (TPSA) is 46.8 Å². The van der Waals surface area contributed by atoms with E-state index in [1.54, 1.807) is 7.11 Å². The average Bonchev–Trinajstić information content (AvgIpc) is 2.88. The van der Waals surface area contributed by atoms with E-state index in [9.17, 15) is 0 Å². The number of nitrogens with zero attached hydrogens (tertiary/aromatic N) is 2. The van der Waals surface area contributed by atoms with Crippen molar-refractivity contribution in [1.29, 1.82) is 0 Å². The third-order valence-corrected chi connectivity index (χ3v) is 3.28. The summed E-state index contributed by atoms with van der Waals surface area (Å²) in [6.07, 6.45) is 4.69. The van der Waals surface area contributed by atoms with Crippen LogP contribution in [0.15, 0.2) is 48.8 Å². The SMILES string of the molecule is COc1cccc(Cc2cn3ccc(CO)cc3n2)c1. The Bertz CT molecular complexity index is 734. The van der Waals surface area contributed by atoms with Gasteiger partial charge in [0.05, 0.1) is 19.4 Å². The molecule has 20 heavy (non-hydrogen) atoms. The first-order valence-electron chi connectivity index (χ1n) is 6.49. The van der Waals surface area contributed by atoms with Crippen LogP contribution in [0.3, 0.4) is 0 Å². The van der Waals surface area contributed by atoms with Gasteiger partial charge in [-0.3, -0.25) is 0 Å². The Morgan fingerprint density at radius 1 is 1.20 bits per heavy atom. The lowest BCUT2D eigenvalue weighted by molar-refractivity contribution is 0.282. The lowest BCUT2D eigenvalue weighted by Crippen LogP contribution is -1.89. The fraction of sp³-hybridized carbons (Fsp3) is 0.188. The molecule has 0 radical (unpaired) electrons. The summed E-state index contributed by atoms with van der Waals surface area (Å²) in [5.41, 5.74) is 3.88. The van der Waals surface area contributed by atoms with Crippen molar-refractivity contribution >= 4 is 5.65 Å². The van der Waals surface area contributed by atoms with Gasteiger partial charge in [-0.15, -0.1) is 0 Å². The van der Waals surface area contributed by atoms with Crippen LogP contribution in [0.2, 0.25) is 0 Å². The van der Waals surface area contributed by atoms with E-state index < -0.39 is 0 Å². The molecule has 4 nitrogen and oxygen atoms in total. The van der Waals surface area contributed by atoms with E-state index in [1.165, 1.54) is 0 Å². The zero-order valence-electron chi connectivity index (χ0n) is 11.3. The molecular formula is C16H16N2O2. The first-order chi connectivity index (χ1) is 9.78. The van der Waals surface area contributed by atoms with Crippen LogP contribution in [0.4, 0.5) is 0 Å². The van der Waals surface area contributed by atoms with Gasteiger partial charge in [-0.1, -0.05) is 12.1 Å². The Morgan fingerprint density at radius 3 is 2.90 bits per heavy atom. The number of benzene rings is 1. The predicted molar refractivity (Wildman–Crippen MR) is 76.9 cm³/mol. The molecule has 0 fully saturated rings. The fourth-order valence-electron chi connectivity index (χ4n) is 2.25. The summed E-state index contributed by atoms with van der Waals surface area (Å²) in [6, 6.07) is 11.8. The fourth-order valence-corrected chi connectivity index (χ4v) is 2.25. The molecule has 0 saturated heterocycles. The Morgan fingerprint density at radius 2 is 2.10 bits per heavy atom. The predicted octanol–water partition coefficient (Wildman–Crippen LogP) is 2.43. The van der Waals surface area contributed by atoms with Gasteiger partial charge in [0.25, 0.3) is 0 Å². The highest BCUT2D eigenvalue weighted by Crippen LogP contribution is 2.16. The summed E-state index contributed by atoms with van der Waals surface area (Å²) in [5, 5.41) is 9.15. The molecule has 1 N–H and O–H groups in total. The van der Waals surface area contributed by atoms with E-state index in [4.69, 9.17) is 9.84 Å². The Balaban J connectivity index is 1.90. The first kappa shape index (κ1) is 12.7. The van der Waals surface area contributed by atoms with E-state index in [0.717, 1.165) is 34.6 Å². The van der Waals surface area contributed by atoms with Crippen LogP contribution in [0.5, 0.6) is 5.75 Å². The number of pyridine rings is 1. The lowest BCUT2D eigenvalue weighted by Gasteiger charge is -2.02. The normalized spacial score (nSPS) is 10.9. The summed E-state index contributed by atoms with van der Waals surface area (Å²) >= 11 is 0. The molecule has 0 aliphatic carbocycles. The number of fused-ring (bicyclic) bond motifs is 1. The van der Waals surface area contributed by atoms with Gasteiger partial charge < -0.3 is 14.2 Å². The van der Waals surface area contributed by atoms with E-state index in [1.807, 2.05) is 47.1 Å². The van der Waals surface area contributed by atoms with Gasteiger partial charge in [0.2, 0.25) is 0 Å². The summed E-state index contributed by atoms with van der Waals surface area (Å²) in [4.78, 5) is 4.58. The monoisotopic (exact) mass is 268 g/mol. The minimum absolute atomic E-state index is 0.0363. The van der Waals surface area contributed by atoms with E-state index in [-0.39, 0.29) is 6.61 Å². The number of hydrogen-bond acceptors (Lipinski definition) is 3. The number of imidazole rings is 1. The molecule has 2 heterocycles. The maximum Gasteiger partial charge on any atom is 0.137 e. The summed E-state index contributed by atoms with van der Waals surface area (Å²) in [6.45, 7) is 0.0363. The number of aromatic nitrogens is 2. The van der Waals surface area contributed by atoms with Gasteiger partial charge in [-0.2, -0.15) is 0 Å². The van der Waals surface area contributed by atoms with Crippen LogP contribution in [0.25, 0.3) is 5.65 Å². The molecule has 0 bridgehead atoms. The summed E-state index contributed by atoms with van der Waals surface area (Å²) < 4.78 is 7.20. The first-order valence-corrected chi connectivity index (χ1v) is 6.49. The van der Waals surface area contributed by atoms with Crippen molar-refractivity contribution in [2.24, 2.45) is 0 Å². The second-order valence-corrected chi connectivity index (χ2v) is 4.72. The molecule has 3 rings (SSSR count). The molecular weight excluding hydrogens is 252 g/mol. The van der Waals surface area contributed by atoms with Gasteiger partial charge in [0.1, 0.15) is 11.4 Å². The second kappa shape index (κ2) is 5.35. The molecule has 4 heteroatoms. The van der Waals surface area contributed by atoms with Gasteiger partial charge in [0, 0.05) is 18.8 Å². The Hall–Kier alpha value is -2.33. The molecule has 2 aromatic heterocycles. The lowest BCUT2D eigenvalue weighted by atomic mass is 10.1. The minimum Gasteiger partial charge on any atom is -0.497 e. The molecule has 0 unspecified atom stereocenters. The van der Waals surface area contributed by atoms with Gasteiger partial charge in [-0.05, 0) is 35.4 Å². The van der Waals surface area contributed by atoms with E-state index >= 15 is 0 Å². The molecule has 102 valence electrons. The third-order valence-electron chi connectivity index (χ3n) is 3.28. The molecule has 0 spiro atoms. The summed E-state index contributed by atoms with van der Waals surface area (Å²) in [7, 11) is 1.67. The van der Waals surface area contributed by atoms with Crippen molar-refractivity contribution in [3.05, 3.63) is 65.6 Å². The smallest absolute Gasteiger partial charge is 0.137 e. The van der Waals surface area contributed by atoms with E-state index in [2.05, 4.69) is 11.1 Å². The molecule has 0 atom stereocenters. The van der Waals surface area contributed by atoms with Crippen LogP contribution >= 0.6 is 0 Å². The van der Waals surface area contributed by atoms with Gasteiger partial charge in [0.15, 0.2) is 0 Å². The molecule has 0 saturated carbocycles. The molecule has 1 aromatic carbocycles. The van der Waals surface area contributed by atoms with Crippen molar-refractivity contribution in [3.63, 3.8) is 0 Å². The largest absolute Gasteiger partial charge is 0.497 e. The number of aliphatic hydroxyl groups excluding tert-OH is 1. The Labute approximate surface area is 117 Å². The van der Waals surface area contributed by atoms with Gasteiger partial charge in [-0.25, -0.2) is 4.98 Å². The zero-order valence-corrected chi connectivity index (χ0v) is 11.3. The highest BCUT2D eigenvalue weighted by atomic mass is 16.5. The number of rotatable bonds is 4.